The van der Waals surface area contributed by atoms with Crippen LogP contribution in [0, 0.1) is 5.92 Å². The van der Waals surface area contributed by atoms with E-state index >= 15 is 0 Å². The Balaban J connectivity index is 2.11. The zero-order valence-corrected chi connectivity index (χ0v) is 12.4. The van der Waals surface area contributed by atoms with Gasteiger partial charge in [0.05, 0.1) is 6.61 Å². The summed E-state index contributed by atoms with van der Waals surface area (Å²) in [6, 6.07) is 0. The molecule has 2 rings (SSSR count). The van der Waals surface area contributed by atoms with Crippen LogP contribution in [0.25, 0.3) is 0 Å². The van der Waals surface area contributed by atoms with Crippen molar-refractivity contribution in [2.24, 2.45) is 5.92 Å². The van der Waals surface area contributed by atoms with Crippen molar-refractivity contribution in [3.05, 3.63) is 0 Å². The summed E-state index contributed by atoms with van der Waals surface area (Å²) >= 11 is 0. The molecule has 0 aromatic carbocycles. The number of ether oxygens (including phenoxy) is 1. The van der Waals surface area contributed by atoms with E-state index in [0.717, 1.165) is 44.9 Å². The first-order chi connectivity index (χ1) is 9.23. The molecule has 4 nitrogen and oxygen atoms in total. The van der Waals surface area contributed by atoms with Crippen molar-refractivity contribution in [2.45, 2.75) is 51.5 Å². The molecule has 1 N–H and O–H groups in total. The summed E-state index contributed by atoms with van der Waals surface area (Å²) in [7, 11) is 0. The minimum Gasteiger partial charge on any atom is -0.465 e. The Kier molecular flexibility index (Phi) is 5.22. The van der Waals surface area contributed by atoms with Crippen LogP contribution < -0.4 is 5.32 Å². The van der Waals surface area contributed by atoms with E-state index in [1.54, 1.807) is 0 Å². The third-order valence-corrected chi connectivity index (χ3v) is 4.89. The van der Waals surface area contributed by atoms with Crippen LogP contribution in [0.15, 0.2) is 0 Å². The Labute approximate surface area is 116 Å². The second-order valence-corrected chi connectivity index (χ2v) is 5.84. The van der Waals surface area contributed by atoms with Crippen molar-refractivity contribution >= 4 is 5.97 Å². The van der Waals surface area contributed by atoms with Gasteiger partial charge >= 0.3 is 5.97 Å². The monoisotopic (exact) mass is 268 g/mol. The highest BCUT2D eigenvalue weighted by atomic mass is 16.5. The molecule has 2 aliphatic rings. The van der Waals surface area contributed by atoms with Gasteiger partial charge in [-0.3, -0.25) is 9.69 Å². The number of nitrogens with zero attached hydrogens (tertiary/aromatic N) is 1. The first kappa shape index (κ1) is 14.8. The van der Waals surface area contributed by atoms with Crippen molar-refractivity contribution < 1.29 is 9.53 Å². The smallest absolute Gasteiger partial charge is 0.326 e. The fourth-order valence-electron chi connectivity index (χ4n) is 3.57. The van der Waals surface area contributed by atoms with E-state index in [9.17, 15) is 4.79 Å². The number of hydrogen-bond acceptors (Lipinski definition) is 4. The Morgan fingerprint density at radius 3 is 2.42 bits per heavy atom. The lowest BCUT2D eigenvalue weighted by Crippen LogP contribution is -2.61. The second kappa shape index (κ2) is 6.71. The van der Waals surface area contributed by atoms with Crippen molar-refractivity contribution in [1.82, 2.24) is 10.2 Å². The summed E-state index contributed by atoms with van der Waals surface area (Å²) < 4.78 is 5.41. The van der Waals surface area contributed by atoms with Gasteiger partial charge in [0, 0.05) is 26.2 Å². The third kappa shape index (κ3) is 3.11. The summed E-state index contributed by atoms with van der Waals surface area (Å²) in [5, 5.41) is 3.37. The number of hydrogen-bond donors (Lipinski definition) is 1. The molecule has 19 heavy (non-hydrogen) atoms. The third-order valence-electron chi connectivity index (χ3n) is 4.89. The maximum absolute atomic E-state index is 12.5. The molecule has 1 aliphatic heterocycles. The molecular weight excluding hydrogens is 240 g/mol. The SMILES string of the molecule is CCOC(=O)C1(N2CCNCC2)CCC(CC)CC1. The Hall–Kier alpha value is -0.610. The lowest BCUT2D eigenvalue weighted by Gasteiger charge is -2.47. The van der Waals surface area contributed by atoms with Gasteiger partial charge in [0.2, 0.25) is 0 Å². The molecule has 0 radical (unpaired) electrons. The molecule has 0 bridgehead atoms. The lowest BCUT2D eigenvalue weighted by molar-refractivity contribution is -0.162. The Morgan fingerprint density at radius 2 is 1.89 bits per heavy atom. The Morgan fingerprint density at radius 1 is 1.26 bits per heavy atom. The summed E-state index contributed by atoms with van der Waals surface area (Å²) in [5.41, 5.74) is -0.330. The number of esters is 1. The maximum Gasteiger partial charge on any atom is 0.326 e. The molecule has 1 saturated carbocycles. The Bertz CT molecular complexity index is 293. The minimum absolute atomic E-state index is 0.0199. The number of piperazine rings is 1. The van der Waals surface area contributed by atoms with Gasteiger partial charge < -0.3 is 10.1 Å². The maximum atomic E-state index is 12.5. The van der Waals surface area contributed by atoms with Crippen molar-refractivity contribution in [3.8, 4) is 0 Å². The predicted octanol–water partition coefficient (Wildman–Crippen LogP) is 1.79. The summed E-state index contributed by atoms with van der Waals surface area (Å²) in [5.74, 6) is 0.817. The summed E-state index contributed by atoms with van der Waals surface area (Å²) in [6.07, 6.45) is 5.52. The molecule has 4 heteroatoms. The summed E-state index contributed by atoms with van der Waals surface area (Å²) in [6.45, 7) is 8.56. The van der Waals surface area contributed by atoms with E-state index in [4.69, 9.17) is 4.74 Å². The van der Waals surface area contributed by atoms with Gasteiger partial charge in [-0.25, -0.2) is 0 Å². The molecule has 110 valence electrons. The zero-order chi connectivity index (χ0) is 13.7. The molecule has 0 spiro atoms. The van der Waals surface area contributed by atoms with Crippen LogP contribution in [0.2, 0.25) is 0 Å². The van der Waals surface area contributed by atoms with Crippen LogP contribution >= 0.6 is 0 Å². The number of carbonyl (C=O) groups is 1. The fraction of sp³-hybridized carbons (Fsp3) is 0.933. The minimum atomic E-state index is -0.330. The molecule has 2 fully saturated rings. The predicted molar refractivity (Wildman–Crippen MR) is 76.1 cm³/mol. The molecule has 0 unspecified atom stereocenters. The first-order valence-electron chi connectivity index (χ1n) is 7.86. The molecular formula is C15H28N2O2. The number of carbonyl (C=O) groups excluding carboxylic acids is 1. The molecule has 0 aromatic rings. The van der Waals surface area contributed by atoms with E-state index < -0.39 is 0 Å². The number of rotatable bonds is 4. The van der Waals surface area contributed by atoms with Crippen LogP contribution in [0.5, 0.6) is 0 Å². The van der Waals surface area contributed by atoms with E-state index in [1.807, 2.05) is 6.92 Å². The van der Waals surface area contributed by atoms with Gasteiger partial charge in [-0.15, -0.1) is 0 Å². The van der Waals surface area contributed by atoms with Crippen LogP contribution in [0.1, 0.15) is 46.0 Å². The lowest BCUT2D eigenvalue weighted by atomic mass is 9.74. The van der Waals surface area contributed by atoms with E-state index in [0.29, 0.717) is 6.61 Å². The highest BCUT2D eigenvalue weighted by Crippen LogP contribution is 2.38. The summed E-state index contributed by atoms with van der Waals surface area (Å²) in [4.78, 5) is 14.9. The zero-order valence-electron chi connectivity index (χ0n) is 12.4. The van der Waals surface area contributed by atoms with Crippen LogP contribution in [0.4, 0.5) is 0 Å². The van der Waals surface area contributed by atoms with Gasteiger partial charge in [0.15, 0.2) is 0 Å². The molecule has 0 amide bonds. The highest BCUT2D eigenvalue weighted by molar-refractivity contribution is 5.81. The van der Waals surface area contributed by atoms with Gasteiger partial charge in [0.1, 0.15) is 5.54 Å². The standard InChI is InChI=1S/C15H28N2O2/c1-3-13-5-7-15(8-6-13,14(18)19-4-2)17-11-9-16-10-12-17/h13,16H,3-12H2,1-2H3. The largest absolute Gasteiger partial charge is 0.465 e. The molecule has 1 aliphatic carbocycles. The second-order valence-electron chi connectivity index (χ2n) is 5.84. The van der Waals surface area contributed by atoms with Crippen molar-refractivity contribution in [3.63, 3.8) is 0 Å². The van der Waals surface area contributed by atoms with Crippen molar-refractivity contribution in [1.29, 1.82) is 0 Å². The molecule has 0 aromatic heterocycles. The highest BCUT2D eigenvalue weighted by Gasteiger charge is 2.47. The van der Waals surface area contributed by atoms with E-state index in [2.05, 4.69) is 17.1 Å². The van der Waals surface area contributed by atoms with E-state index in [1.165, 1.54) is 19.3 Å². The fourth-order valence-corrected chi connectivity index (χ4v) is 3.57. The van der Waals surface area contributed by atoms with E-state index in [-0.39, 0.29) is 11.5 Å². The van der Waals surface area contributed by atoms with Crippen molar-refractivity contribution in [2.75, 3.05) is 32.8 Å². The van der Waals surface area contributed by atoms with Gasteiger partial charge in [-0.05, 0) is 38.5 Å². The average Bonchev–Trinajstić information content (AvgIpc) is 2.48. The van der Waals surface area contributed by atoms with Crippen LogP contribution in [-0.2, 0) is 9.53 Å². The topological polar surface area (TPSA) is 41.6 Å². The molecule has 1 saturated heterocycles. The first-order valence-corrected chi connectivity index (χ1v) is 7.86. The molecule has 1 heterocycles. The normalized spacial score (nSPS) is 33.1. The average molecular weight is 268 g/mol. The number of nitrogens with one attached hydrogen (secondary N) is 1. The van der Waals surface area contributed by atoms with Gasteiger partial charge in [-0.1, -0.05) is 13.3 Å². The van der Waals surface area contributed by atoms with Gasteiger partial charge in [0.25, 0.3) is 0 Å². The van der Waals surface area contributed by atoms with Crippen LogP contribution in [-0.4, -0.2) is 49.2 Å². The quantitative estimate of drug-likeness (QED) is 0.789. The van der Waals surface area contributed by atoms with Gasteiger partial charge in [-0.2, -0.15) is 0 Å². The van der Waals surface area contributed by atoms with Crippen LogP contribution in [0.3, 0.4) is 0 Å². The molecule has 0 atom stereocenters.